The van der Waals surface area contributed by atoms with Crippen molar-refractivity contribution >= 4 is 39.0 Å². The van der Waals surface area contributed by atoms with E-state index in [0.717, 1.165) is 27.1 Å². The summed E-state index contributed by atoms with van der Waals surface area (Å²) in [5, 5.41) is 11.6. The Hall–Kier alpha value is -1.13. The topological polar surface area (TPSA) is 37.8 Å². The first-order valence-electron chi connectivity index (χ1n) is 5.10. The Kier molecular flexibility index (Phi) is 3.64. The van der Waals surface area contributed by atoms with Crippen LogP contribution in [0.4, 0.5) is 11.5 Å². The fraction of sp³-hybridized carbons (Fsp3) is 0.167. The van der Waals surface area contributed by atoms with Gasteiger partial charge in [0.1, 0.15) is 0 Å². The molecule has 17 heavy (non-hydrogen) atoms. The molecular weight excluding hydrogens is 302 g/mol. The van der Waals surface area contributed by atoms with E-state index >= 15 is 0 Å². The largest absolute Gasteiger partial charge is 0.339 e. The minimum absolute atomic E-state index is 0.448. The summed E-state index contributed by atoms with van der Waals surface area (Å²) in [5.74, 6) is 0.731. The van der Waals surface area contributed by atoms with Gasteiger partial charge in [0, 0.05) is 10.2 Å². The van der Waals surface area contributed by atoms with Crippen molar-refractivity contribution in [1.29, 1.82) is 0 Å². The fourth-order valence-electron chi connectivity index (χ4n) is 1.36. The number of nitrogens with one attached hydrogen (secondary N) is 1. The predicted octanol–water partition coefficient (Wildman–Crippen LogP) is 4.25. The van der Waals surface area contributed by atoms with Crippen molar-refractivity contribution in [2.75, 3.05) is 5.32 Å². The molecule has 0 spiro atoms. The third-order valence-electron chi connectivity index (χ3n) is 2.57. The van der Waals surface area contributed by atoms with E-state index in [1.165, 1.54) is 0 Å². The van der Waals surface area contributed by atoms with Crippen LogP contribution in [0.2, 0.25) is 5.15 Å². The van der Waals surface area contributed by atoms with Crippen LogP contribution >= 0.6 is 27.5 Å². The highest BCUT2D eigenvalue weighted by atomic mass is 79.9. The Morgan fingerprint density at radius 1 is 1.06 bits per heavy atom. The second kappa shape index (κ2) is 5.02. The van der Waals surface area contributed by atoms with Gasteiger partial charge in [-0.15, -0.1) is 10.2 Å². The Balaban J connectivity index is 2.30. The average molecular weight is 313 g/mol. The molecule has 0 saturated carbocycles. The lowest BCUT2D eigenvalue weighted by Crippen LogP contribution is -2.01. The fourth-order valence-corrected chi connectivity index (χ4v) is 1.81. The maximum absolute atomic E-state index is 5.90. The number of benzene rings is 1. The van der Waals surface area contributed by atoms with E-state index in [4.69, 9.17) is 11.6 Å². The van der Waals surface area contributed by atoms with E-state index in [1.54, 1.807) is 0 Å². The average Bonchev–Trinajstić information content (AvgIpc) is 2.33. The van der Waals surface area contributed by atoms with Gasteiger partial charge in [-0.3, -0.25) is 0 Å². The third-order valence-corrected chi connectivity index (χ3v) is 3.46. The third kappa shape index (κ3) is 2.76. The van der Waals surface area contributed by atoms with Gasteiger partial charge in [-0.05, 0) is 49.2 Å². The SMILES string of the molecule is Cc1c(Cl)nnc(Nc2ccc(Br)cc2)c1C. The molecule has 2 rings (SSSR count). The van der Waals surface area contributed by atoms with Crippen LogP contribution in [0.1, 0.15) is 11.1 Å². The molecular formula is C12H11BrClN3. The van der Waals surface area contributed by atoms with Gasteiger partial charge in [0.15, 0.2) is 11.0 Å². The molecule has 3 nitrogen and oxygen atoms in total. The normalized spacial score (nSPS) is 10.4. The van der Waals surface area contributed by atoms with Crippen molar-refractivity contribution in [3.05, 3.63) is 45.0 Å². The number of hydrogen-bond acceptors (Lipinski definition) is 3. The maximum atomic E-state index is 5.90. The van der Waals surface area contributed by atoms with Gasteiger partial charge in [0.2, 0.25) is 0 Å². The summed E-state index contributed by atoms with van der Waals surface area (Å²) in [4.78, 5) is 0. The lowest BCUT2D eigenvalue weighted by molar-refractivity contribution is 1.00. The zero-order valence-corrected chi connectivity index (χ0v) is 11.8. The van der Waals surface area contributed by atoms with Crippen molar-refractivity contribution in [2.24, 2.45) is 0 Å². The van der Waals surface area contributed by atoms with Crippen LogP contribution < -0.4 is 5.32 Å². The molecule has 0 aliphatic heterocycles. The molecule has 1 aromatic carbocycles. The first-order chi connectivity index (χ1) is 8.08. The van der Waals surface area contributed by atoms with Gasteiger partial charge in [-0.1, -0.05) is 27.5 Å². The minimum Gasteiger partial charge on any atom is -0.339 e. The lowest BCUT2D eigenvalue weighted by Gasteiger charge is -2.10. The van der Waals surface area contributed by atoms with Gasteiger partial charge in [0.05, 0.1) is 0 Å². The number of aromatic nitrogens is 2. The quantitative estimate of drug-likeness (QED) is 0.900. The van der Waals surface area contributed by atoms with Gasteiger partial charge >= 0.3 is 0 Å². The second-order valence-electron chi connectivity index (χ2n) is 3.72. The molecule has 0 bridgehead atoms. The highest BCUT2D eigenvalue weighted by molar-refractivity contribution is 9.10. The van der Waals surface area contributed by atoms with Gasteiger partial charge in [0.25, 0.3) is 0 Å². The summed E-state index contributed by atoms with van der Waals surface area (Å²) in [7, 11) is 0. The van der Waals surface area contributed by atoms with Crippen LogP contribution in [0.25, 0.3) is 0 Å². The number of hydrogen-bond donors (Lipinski definition) is 1. The number of nitrogens with zero attached hydrogens (tertiary/aromatic N) is 2. The monoisotopic (exact) mass is 311 g/mol. The van der Waals surface area contributed by atoms with E-state index in [2.05, 4.69) is 31.4 Å². The summed E-state index contributed by atoms with van der Waals surface area (Å²) in [6.07, 6.45) is 0. The van der Waals surface area contributed by atoms with Crippen molar-refractivity contribution in [3.63, 3.8) is 0 Å². The lowest BCUT2D eigenvalue weighted by atomic mass is 10.2. The van der Waals surface area contributed by atoms with E-state index < -0.39 is 0 Å². The van der Waals surface area contributed by atoms with Crippen LogP contribution in [0.15, 0.2) is 28.7 Å². The second-order valence-corrected chi connectivity index (χ2v) is 4.99. The van der Waals surface area contributed by atoms with Crippen molar-refractivity contribution in [2.45, 2.75) is 13.8 Å². The number of rotatable bonds is 2. The summed E-state index contributed by atoms with van der Waals surface area (Å²) in [5.41, 5.74) is 2.92. The maximum Gasteiger partial charge on any atom is 0.156 e. The molecule has 88 valence electrons. The molecule has 5 heteroatoms. The standard InChI is InChI=1S/C12H11BrClN3/c1-7-8(2)12(17-16-11(7)14)15-10-5-3-9(13)4-6-10/h3-6H,1-2H3,(H,15,17). The highest BCUT2D eigenvalue weighted by Crippen LogP contribution is 2.24. The molecule has 0 saturated heterocycles. The Labute approximate surface area is 113 Å². The smallest absolute Gasteiger partial charge is 0.156 e. The summed E-state index contributed by atoms with van der Waals surface area (Å²) >= 11 is 9.30. The van der Waals surface area contributed by atoms with Gasteiger partial charge in [-0.2, -0.15) is 0 Å². The van der Waals surface area contributed by atoms with E-state index in [-0.39, 0.29) is 0 Å². The molecule has 1 N–H and O–H groups in total. The van der Waals surface area contributed by atoms with Crippen LogP contribution in [0, 0.1) is 13.8 Å². The minimum atomic E-state index is 0.448. The summed E-state index contributed by atoms with van der Waals surface area (Å²) in [6, 6.07) is 7.87. The molecule has 1 heterocycles. The van der Waals surface area contributed by atoms with Crippen molar-refractivity contribution in [3.8, 4) is 0 Å². The zero-order chi connectivity index (χ0) is 12.4. The summed E-state index contributed by atoms with van der Waals surface area (Å²) in [6.45, 7) is 3.90. The van der Waals surface area contributed by atoms with E-state index in [9.17, 15) is 0 Å². The molecule has 0 radical (unpaired) electrons. The van der Waals surface area contributed by atoms with E-state index in [0.29, 0.717) is 5.15 Å². The number of anilines is 2. The molecule has 0 fully saturated rings. The first-order valence-corrected chi connectivity index (χ1v) is 6.27. The molecule has 2 aromatic rings. The van der Waals surface area contributed by atoms with Crippen molar-refractivity contribution in [1.82, 2.24) is 10.2 Å². The summed E-state index contributed by atoms with van der Waals surface area (Å²) < 4.78 is 1.04. The van der Waals surface area contributed by atoms with Crippen LogP contribution in [-0.2, 0) is 0 Å². The van der Waals surface area contributed by atoms with Gasteiger partial charge in [-0.25, -0.2) is 0 Å². The van der Waals surface area contributed by atoms with Crippen molar-refractivity contribution < 1.29 is 0 Å². The van der Waals surface area contributed by atoms with E-state index in [1.807, 2.05) is 38.1 Å². The van der Waals surface area contributed by atoms with Crippen LogP contribution in [0.3, 0.4) is 0 Å². The Morgan fingerprint density at radius 3 is 2.35 bits per heavy atom. The molecule has 0 unspecified atom stereocenters. The molecule has 0 amide bonds. The Morgan fingerprint density at radius 2 is 1.71 bits per heavy atom. The predicted molar refractivity (Wildman–Crippen MR) is 73.9 cm³/mol. The molecule has 0 atom stereocenters. The molecule has 0 aliphatic rings. The van der Waals surface area contributed by atoms with Gasteiger partial charge < -0.3 is 5.32 Å². The Bertz CT molecular complexity index is 540. The van der Waals surface area contributed by atoms with Crippen LogP contribution in [0.5, 0.6) is 0 Å². The number of halogens is 2. The van der Waals surface area contributed by atoms with Crippen LogP contribution in [-0.4, -0.2) is 10.2 Å². The molecule has 1 aromatic heterocycles. The highest BCUT2D eigenvalue weighted by Gasteiger charge is 2.07. The molecule has 0 aliphatic carbocycles. The zero-order valence-electron chi connectivity index (χ0n) is 9.46. The first kappa shape index (κ1) is 12.3.